The second-order valence-electron chi connectivity index (χ2n) is 4.78. The molecular formula is C13H11NO5. The lowest BCUT2D eigenvalue weighted by molar-refractivity contribution is -0.156. The van der Waals surface area contributed by atoms with Crippen molar-refractivity contribution in [1.82, 2.24) is 4.57 Å². The molecule has 0 radical (unpaired) electrons. The van der Waals surface area contributed by atoms with Crippen molar-refractivity contribution in [2.24, 2.45) is 0 Å². The van der Waals surface area contributed by atoms with Crippen molar-refractivity contribution in [2.75, 3.05) is 6.61 Å². The van der Waals surface area contributed by atoms with Crippen molar-refractivity contribution in [3.63, 3.8) is 0 Å². The summed E-state index contributed by atoms with van der Waals surface area (Å²) in [6.07, 6.45) is -0.796. The maximum Gasteiger partial charge on any atom is 0.420 e. The van der Waals surface area contributed by atoms with E-state index in [0.717, 1.165) is 0 Å². The van der Waals surface area contributed by atoms with Crippen molar-refractivity contribution < 1.29 is 18.7 Å². The fraction of sp³-hybridized carbons (Fsp3) is 0.385. The Balaban J connectivity index is 1.88. The van der Waals surface area contributed by atoms with Gasteiger partial charge in [0.2, 0.25) is 6.29 Å². The Morgan fingerprint density at radius 1 is 1.21 bits per heavy atom. The molecule has 6 heteroatoms. The van der Waals surface area contributed by atoms with E-state index in [1.807, 2.05) is 6.07 Å². The Morgan fingerprint density at radius 2 is 2.05 bits per heavy atom. The third-order valence-electron chi connectivity index (χ3n) is 3.66. The van der Waals surface area contributed by atoms with Gasteiger partial charge in [-0.1, -0.05) is 12.1 Å². The van der Waals surface area contributed by atoms with Crippen LogP contribution in [0.5, 0.6) is 0 Å². The zero-order chi connectivity index (χ0) is 13.0. The number of aromatic nitrogens is 1. The predicted octanol–water partition coefficient (Wildman–Crippen LogP) is 0.850. The van der Waals surface area contributed by atoms with E-state index in [1.165, 1.54) is 4.57 Å². The van der Waals surface area contributed by atoms with Gasteiger partial charge >= 0.3 is 5.76 Å². The first-order chi connectivity index (χ1) is 9.24. The number of ketones is 1. The number of fused-ring (bicyclic) bond motifs is 3. The summed E-state index contributed by atoms with van der Waals surface area (Å²) in [6, 6.07) is 6.79. The lowest BCUT2D eigenvalue weighted by Crippen LogP contribution is -2.39. The minimum absolute atomic E-state index is 0.129. The summed E-state index contributed by atoms with van der Waals surface area (Å²) in [5.74, 6) is -0.594. The summed E-state index contributed by atoms with van der Waals surface area (Å²) < 4.78 is 17.4. The molecule has 0 N–H and O–H groups in total. The molecule has 0 saturated carbocycles. The summed E-state index contributed by atoms with van der Waals surface area (Å²) in [5, 5.41) is 0. The number of oxazole rings is 1. The Labute approximate surface area is 107 Å². The minimum Gasteiger partial charge on any atom is -0.408 e. The predicted molar refractivity (Wildman–Crippen MR) is 63.7 cm³/mol. The second kappa shape index (κ2) is 3.79. The third-order valence-corrected chi connectivity index (χ3v) is 3.66. The van der Waals surface area contributed by atoms with Crippen LogP contribution in [-0.2, 0) is 14.3 Å². The number of ether oxygens (including phenoxy) is 2. The van der Waals surface area contributed by atoms with Gasteiger partial charge in [0.1, 0.15) is 6.10 Å². The molecule has 2 fully saturated rings. The van der Waals surface area contributed by atoms with Crippen LogP contribution in [-0.4, -0.2) is 29.4 Å². The zero-order valence-electron chi connectivity index (χ0n) is 9.94. The SMILES string of the molecule is O=C1C[C@@H](n2c(=O)oc3ccccc32)[C@H]2CO[C@H]1O2. The van der Waals surface area contributed by atoms with Gasteiger partial charge in [0.15, 0.2) is 11.4 Å². The highest BCUT2D eigenvalue weighted by Gasteiger charge is 2.45. The van der Waals surface area contributed by atoms with Crippen LogP contribution in [0, 0.1) is 0 Å². The van der Waals surface area contributed by atoms with E-state index in [-0.39, 0.29) is 24.3 Å². The second-order valence-corrected chi connectivity index (χ2v) is 4.78. The molecule has 4 rings (SSSR count). The number of para-hydroxylation sites is 2. The highest BCUT2D eigenvalue weighted by molar-refractivity contribution is 5.84. The molecule has 2 aliphatic heterocycles. The van der Waals surface area contributed by atoms with Crippen LogP contribution in [0.1, 0.15) is 12.5 Å². The first-order valence-corrected chi connectivity index (χ1v) is 6.14. The Kier molecular flexibility index (Phi) is 2.18. The van der Waals surface area contributed by atoms with Crippen molar-refractivity contribution >= 4 is 16.9 Å². The quantitative estimate of drug-likeness (QED) is 0.761. The molecule has 0 amide bonds. The molecule has 6 nitrogen and oxygen atoms in total. The number of hydrogen-bond donors (Lipinski definition) is 0. The maximum atomic E-state index is 12.0. The molecular weight excluding hydrogens is 250 g/mol. The normalized spacial score (nSPS) is 30.1. The van der Waals surface area contributed by atoms with Gasteiger partial charge in [0, 0.05) is 6.42 Å². The van der Waals surface area contributed by atoms with E-state index in [9.17, 15) is 9.59 Å². The van der Waals surface area contributed by atoms with Gasteiger partial charge in [-0.15, -0.1) is 0 Å². The Morgan fingerprint density at radius 3 is 2.95 bits per heavy atom. The van der Waals surface area contributed by atoms with Crippen molar-refractivity contribution in [1.29, 1.82) is 0 Å². The molecule has 0 spiro atoms. The molecule has 0 unspecified atom stereocenters. The molecule has 3 heterocycles. The standard InChI is InChI=1S/C13H11NO5/c15-9-5-8(11-6-17-12(9)18-11)14-7-3-1-2-4-10(7)19-13(14)16/h1-4,8,11-12H,5-6H2/t8-,11-,12+/m1/s1. The van der Waals surface area contributed by atoms with E-state index >= 15 is 0 Å². The molecule has 2 bridgehead atoms. The third kappa shape index (κ3) is 1.50. The molecule has 0 aliphatic carbocycles. The molecule has 1 aromatic heterocycles. The summed E-state index contributed by atoms with van der Waals surface area (Å²) >= 11 is 0. The number of carbonyl (C=O) groups is 1. The van der Waals surface area contributed by atoms with E-state index in [2.05, 4.69) is 0 Å². The molecule has 19 heavy (non-hydrogen) atoms. The molecule has 3 atom stereocenters. The number of nitrogens with zero attached hydrogens (tertiary/aromatic N) is 1. The molecule has 2 aromatic rings. The average Bonchev–Trinajstić information content (AvgIpc) is 2.96. The molecule has 1 aromatic carbocycles. The first-order valence-electron chi connectivity index (χ1n) is 6.14. The van der Waals surface area contributed by atoms with Crippen LogP contribution in [0.25, 0.3) is 11.1 Å². The smallest absolute Gasteiger partial charge is 0.408 e. The van der Waals surface area contributed by atoms with E-state index < -0.39 is 12.0 Å². The number of benzene rings is 1. The van der Waals surface area contributed by atoms with Crippen LogP contribution in [0.15, 0.2) is 33.5 Å². The summed E-state index contributed by atoms with van der Waals surface area (Å²) in [4.78, 5) is 23.8. The van der Waals surface area contributed by atoms with Gasteiger partial charge in [-0.3, -0.25) is 9.36 Å². The van der Waals surface area contributed by atoms with Crippen LogP contribution < -0.4 is 5.76 Å². The fourth-order valence-corrected chi connectivity index (χ4v) is 2.78. The van der Waals surface area contributed by atoms with Gasteiger partial charge < -0.3 is 13.9 Å². The average molecular weight is 261 g/mol. The first kappa shape index (κ1) is 11.0. The van der Waals surface area contributed by atoms with Gasteiger partial charge in [-0.05, 0) is 12.1 Å². The van der Waals surface area contributed by atoms with Crippen LogP contribution >= 0.6 is 0 Å². The van der Waals surface area contributed by atoms with Crippen LogP contribution in [0.4, 0.5) is 0 Å². The Hall–Kier alpha value is -1.92. The minimum atomic E-state index is -0.755. The topological polar surface area (TPSA) is 70.7 Å². The zero-order valence-corrected chi connectivity index (χ0v) is 9.94. The molecule has 2 saturated heterocycles. The molecule has 98 valence electrons. The van der Waals surface area contributed by atoms with Crippen LogP contribution in [0.2, 0.25) is 0 Å². The summed E-state index contributed by atoms with van der Waals surface area (Å²) in [6.45, 7) is 0.326. The highest BCUT2D eigenvalue weighted by atomic mass is 16.7. The van der Waals surface area contributed by atoms with Gasteiger partial charge in [-0.25, -0.2) is 4.79 Å². The van der Waals surface area contributed by atoms with Crippen LogP contribution in [0.3, 0.4) is 0 Å². The lowest BCUT2D eigenvalue weighted by Gasteiger charge is -2.26. The van der Waals surface area contributed by atoms with E-state index in [4.69, 9.17) is 13.9 Å². The van der Waals surface area contributed by atoms with E-state index in [0.29, 0.717) is 17.7 Å². The molecule has 2 aliphatic rings. The largest absolute Gasteiger partial charge is 0.420 e. The van der Waals surface area contributed by atoms with Crippen molar-refractivity contribution in [3.05, 3.63) is 34.8 Å². The van der Waals surface area contributed by atoms with Crippen molar-refractivity contribution in [2.45, 2.75) is 24.9 Å². The fourth-order valence-electron chi connectivity index (χ4n) is 2.78. The number of hydrogen-bond acceptors (Lipinski definition) is 5. The number of rotatable bonds is 1. The Bertz CT molecular complexity index is 715. The van der Waals surface area contributed by atoms with Gasteiger partial charge in [0.25, 0.3) is 0 Å². The number of Topliss-reactive ketones (excluding diaryl/α,β-unsaturated/α-hetero) is 1. The summed E-state index contributed by atoms with van der Waals surface area (Å²) in [5.41, 5.74) is 1.19. The van der Waals surface area contributed by atoms with Crippen molar-refractivity contribution in [3.8, 4) is 0 Å². The van der Waals surface area contributed by atoms with Gasteiger partial charge in [0.05, 0.1) is 18.2 Å². The highest BCUT2D eigenvalue weighted by Crippen LogP contribution is 2.33. The maximum absolute atomic E-state index is 12.0. The monoisotopic (exact) mass is 261 g/mol. The van der Waals surface area contributed by atoms with Gasteiger partial charge in [-0.2, -0.15) is 0 Å². The number of carbonyl (C=O) groups excluding carboxylic acids is 1. The lowest BCUT2D eigenvalue weighted by atomic mass is 10.0. The summed E-state index contributed by atoms with van der Waals surface area (Å²) in [7, 11) is 0. The van der Waals surface area contributed by atoms with E-state index in [1.54, 1.807) is 18.2 Å².